The van der Waals surface area contributed by atoms with Crippen molar-refractivity contribution in [3.05, 3.63) is 58.9 Å². The fraction of sp³-hybridized carbons (Fsp3) is 0.0714. The summed E-state index contributed by atoms with van der Waals surface area (Å²) in [5, 5.41) is 2.86. The van der Waals surface area contributed by atoms with E-state index in [1.165, 1.54) is 12.1 Å². The fourth-order valence-electron chi connectivity index (χ4n) is 1.56. The van der Waals surface area contributed by atoms with Crippen molar-refractivity contribution < 1.29 is 13.9 Å². The maximum absolute atomic E-state index is 13.0. The standard InChI is InChI=1S/C14H11ClFNO2/c15-13-7-12(17-9-18)4-5-14(13)19-8-10-2-1-3-11(16)6-10/h1-7,9H,8H2,(H,17,18). The van der Waals surface area contributed by atoms with Crippen LogP contribution in [0.25, 0.3) is 0 Å². The zero-order valence-electron chi connectivity index (χ0n) is 9.90. The molecule has 0 fully saturated rings. The molecule has 3 nitrogen and oxygen atoms in total. The summed E-state index contributed by atoms with van der Waals surface area (Å²) < 4.78 is 18.5. The van der Waals surface area contributed by atoms with Crippen molar-refractivity contribution in [2.45, 2.75) is 6.61 Å². The van der Waals surface area contributed by atoms with Crippen LogP contribution >= 0.6 is 11.6 Å². The van der Waals surface area contributed by atoms with E-state index in [0.717, 1.165) is 0 Å². The quantitative estimate of drug-likeness (QED) is 0.849. The Bertz CT molecular complexity index is 589. The van der Waals surface area contributed by atoms with Crippen LogP contribution in [0.1, 0.15) is 5.56 Å². The van der Waals surface area contributed by atoms with Gasteiger partial charge in [-0.2, -0.15) is 0 Å². The Morgan fingerprint density at radius 2 is 2.11 bits per heavy atom. The summed E-state index contributed by atoms with van der Waals surface area (Å²) in [5.41, 5.74) is 1.30. The molecular formula is C14H11ClFNO2. The number of carbonyl (C=O) groups is 1. The Morgan fingerprint density at radius 1 is 1.26 bits per heavy atom. The number of nitrogens with one attached hydrogen (secondary N) is 1. The number of rotatable bonds is 5. The second kappa shape index (κ2) is 6.20. The van der Waals surface area contributed by atoms with E-state index in [-0.39, 0.29) is 12.4 Å². The number of hydrogen-bond donors (Lipinski definition) is 1. The predicted octanol–water partition coefficient (Wildman–Crippen LogP) is 3.63. The first-order valence-corrected chi connectivity index (χ1v) is 5.94. The van der Waals surface area contributed by atoms with Gasteiger partial charge in [-0.25, -0.2) is 4.39 Å². The van der Waals surface area contributed by atoms with Gasteiger partial charge in [-0.1, -0.05) is 23.7 Å². The highest BCUT2D eigenvalue weighted by Gasteiger charge is 2.04. The molecule has 0 aromatic heterocycles. The molecule has 0 saturated carbocycles. The Kier molecular flexibility index (Phi) is 4.36. The molecule has 0 aliphatic rings. The van der Waals surface area contributed by atoms with Crippen LogP contribution in [0, 0.1) is 5.82 Å². The van der Waals surface area contributed by atoms with Gasteiger partial charge < -0.3 is 10.1 Å². The molecule has 0 aliphatic carbocycles. The largest absolute Gasteiger partial charge is 0.487 e. The Morgan fingerprint density at radius 3 is 2.79 bits per heavy atom. The van der Waals surface area contributed by atoms with Gasteiger partial charge in [-0.15, -0.1) is 0 Å². The molecule has 0 aliphatic heterocycles. The molecular weight excluding hydrogens is 269 g/mol. The molecule has 0 atom stereocenters. The summed E-state index contributed by atoms with van der Waals surface area (Å²) in [6.45, 7) is 0.220. The third kappa shape index (κ3) is 3.69. The smallest absolute Gasteiger partial charge is 0.211 e. The number of amides is 1. The third-order valence-electron chi connectivity index (χ3n) is 2.44. The summed E-state index contributed by atoms with van der Waals surface area (Å²) in [7, 11) is 0. The van der Waals surface area contributed by atoms with Gasteiger partial charge in [-0.3, -0.25) is 4.79 Å². The highest BCUT2D eigenvalue weighted by atomic mass is 35.5. The first-order chi connectivity index (χ1) is 9.19. The van der Waals surface area contributed by atoms with Crippen molar-refractivity contribution >= 4 is 23.7 Å². The molecule has 1 N–H and O–H groups in total. The Labute approximate surface area is 115 Å². The molecule has 2 rings (SSSR count). The van der Waals surface area contributed by atoms with E-state index in [2.05, 4.69) is 5.32 Å². The van der Waals surface area contributed by atoms with Crippen molar-refractivity contribution in [3.8, 4) is 5.75 Å². The molecule has 5 heteroatoms. The average Bonchev–Trinajstić information content (AvgIpc) is 2.38. The molecule has 2 aromatic carbocycles. The number of hydrogen-bond acceptors (Lipinski definition) is 2. The SMILES string of the molecule is O=CNc1ccc(OCc2cccc(F)c2)c(Cl)c1. The fourth-order valence-corrected chi connectivity index (χ4v) is 1.80. The van der Waals surface area contributed by atoms with Gasteiger partial charge >= 0.3 is 0 Å². The summed E-state index contributed by atoms with van der Waals surface area (Å²) in [4.78, 5) is 10.3. The van der Waals surface area contributed by atoms with E-state index in [4.69, 9.17) is 16.3 Å². The number of ether oxygens (including phenoxy) is 1. The van der Waals surface area contributed by atoms with Crippen molar-refractivity contribution in [3.63, 3.8) is 0 Å². The van der Waals surface area contributed by atoms with Gasteiger partial charge in [0.2, 0.25) is 6.41 Å². The summed E-state index contributed by atoms with van der Waals surface area (Å²) >= 11 is 6.01. The number of anilines is 1. The molecule has 0 radical (unpaired) electrons. The van der Waals surface area contributed by atoms with E-state index < -0.39 is 0 Å². The first-order valence-electron chi connectivity index (χ1n) is 5.56. The molecule has 0 heterocycles. The minimum Gasteiger partial charge on any atom is -0.487 e. The van der Waals surface area contributed by atoms with Gasteiger partial charge in [-0.05, 0) is 35.9 Å². The summed E-state index contributed by atoms with van der Waals surface area (Å²) in [5.74, 6) is 0.167. The van der Waals surface area contributed by atoms with Gasteiger partial charge in [0, 0.05) is 5.69 Å². The van der Waals surface area contributed by atoms with Gasteiger partial charge in [0.15, 0.2) is 0 Å². The molecule has 1 amide bonds. The normalized spacial score (nSPS) is 10.0. The van der Waals surface area contributed by atoms with Crippen molar-refractivity contribution in [2.75, 3.05) is 5.32 Å². The zero-order valence-corrected chi connectivity index (χ0v) is 10.7. The molecule has 0 bridgehead atoms. The monoisotopic (exact) mass is 279 g/mol. The van der Waals surface area contributed by atoms with Crippen molar-refractivity contribution in [1.82, 2.24) is 0 Å². The number of benzene rings is 2. The minimum absolute atomic E-state index is 0.220. The molecule has 2 aromatic rings. The molecule has 0 unspecified atom stereocenters. The van der Waals surface area contributed by atoms with E-state index >= 15 is 0 Å². The van der Waals surface area contributed by atoms with E-state index in [1.807, 2.05) is 0 Å². The minimum atomic E-state index is -0.308. The van der Waals surface area contributed by atoms with Crippen molar-refractivity contribution in [2.24, 2.45) is 0 Å². The predicted molar refractivity (Wildman–Crippen MR) is 71.9 cm³/mol. The highest BCUT2D eigenvalue weighted by molar-refractivity contribution is 6.32. The maximum Gasteiger partial charge on any atom is 0.211 e. The topological polar surface area (TPSA) is 38.3 Å². The van der Waals surface area contributed by atoms with Crippen LogP contribution in [-0.2, 0) is 11.4 Å². The third-order valence-corrected chi connectivity index (χ3v) is 2.74. The summed E-state index contributed by atoms with van der Waals surface area (Å²) in [6, 6.07) is 11.0. The van der Waals surface area contributed by atoms with Crippen LogP contribution in [0.5, 0.6) is 5.75 Å². The van der Waals surface area contributed by atoms with Gasteiger partial charge in [0.1, 0.15) is 18.2 Å². The lowest BCUT2D eigenvalue weighted by molar-refractivity contribution is -0.105. The second-order valence-electron chi connectivity index (χ2n) is 3.83. The molecule has 19 heavy (non-hydrogen) atoms. The van der Waals surface area contributed by atoms with E-state index in [9.17, 15) is 9.18 Å². The van der Waals surface area contributed by atoms with Gasteiger partial charge in [0.05, 0.1) is 5.02 Å². The lowest BCUT2D eigenvalue weighted by atomic mass is 10.2. The van der Waals surface area contributed by atoms with Crippen LogP contribution in [0.2, 0.25) is 5.02 Å². The average molecular weight is 280 g/mol. The van der Waals surface area contributed by atoms with Crippen LogP contribution < -0.4 is 10.1 Å². The second-order valence-corrected chi connectivity index (χ2v) is 4.23. The zero-order chi connectivity index (χ0) is 13.7. The first kappa shape index (κ1) is 13.4. The Balaban J connectivity index is 2.05. The molecule has 98 valence electrons. The van der Waals surface area contributed by atoms with E-state index in [0.29, 0.717) is 28.4 Å². The van der Waals surface area contributed by atoms with E-state index in [1.54, 1.807) is 30.3 Å². The number of halogens is 2. The lowest BCUT2D eigenvalue weighted by Crippen LogP contribution is -1.98. The molecule has 0 saturated heterocycles. The maximum atomic E-state index is 13.0. The van der Waals surface area contributed by atoms with Crippen LogP contribution in [0.3, 0.4) is 0 Å². The van der Waals surface area contributed by atoms with Crippen LogP contribution in [0.4, 0.5) is 10.1 Å². The highest BCUT2D eigenvalue weighted by Crippen LogP contribution is 2.28. The van der Waals surface area contributed by atoms with Crippen molar-refractivity contribution in [1.29, 1.82) is 0 Å². The van der Waals surface area contributed by atoms with Crippen LogP contribution in [-0.4, -0.2) is 6.41 Å². The Hall–Kier alpha value is -2.07. The van der Waals surface area contributed by atoms with Crippen LogP contribution in [0.15, 0.2) is 42.5 Å². The molecule has 0 spiro atoms. The van der Waals surface area contributed by atoms with Gasteiger partial charge in [0.25, 0.3) is 0 Å². The summed E-state index contributed by atoms with van der Waals surface area (Å²) in [6.07, 6.45) is 0.568. The lowest BCUT2D eigenvalue weighted by Gasteiger charge is -2.09. The number of carbonyl (C=O) groups excluding carboxylic acids is 1.